The van der Waals surface area contributed by atoms with Crippen molar-refractivity contribution < 1.29 is 14.3 Å². The van der Waals surface area contributed by atoms with Crippen LogP contribution in [0.25, 0.3) is 0 Å². The summed E-state index contributed by atoms with van der Waals surface area (Å²) in [5.74, 6) is -0.625. The van der Waals surface area contributed by atoms with E-state index in [1.54, 1.807) is 17.0 Å². The van der Waals surface area contributed by atoms with Crippen LogP contribution < -0.4 is 0 Å². The number of nitrogens with zero attached hydrogens (tertiary/aromatic N) is 1. The van der Waals surface area contributed by atoms with E-state index in [1.165, 1.54) is 0 Å². The molecule has 4 nitrogen and oxygen atoms in total. The number of rotatable bonds is 5. The third kappa shape index (κ3) is 3.97. The maximum Gasteiger partial charge on any atom is 0.339 e. The lowest BCUT2D eigenvalue weighted by atomic mass is 10.2. The second-order valence-corrected chi connectivity index (χ2v) is 4.78. The highest BCUT2D eigenvalue weighted by Gasteiger charge is 2.15. The number of esters is 1. The Kier molecular flexibility index (Phi) is 6.11. The molecule has 0 aromatic heterocycles. The van der Waals surface area contributed by atoms with Crippen molar-refractivity contribution in [3.8, 4) is 0 Å². The van der Waals surface area contributed by atoms with Gasteiger partial charge in [0.25, 0.3) is 5.91 Å². The molecular formula is C13H16INO3. The Morgan fingerprint density at radius 1 is 1.22 bits per heavy atom. The summed E-state index contributed by atoms with van der Waals surface area (Å²) >= 11 is 2.06. The molecule has 18 heavy (non-hydrogen) atoms. The van der Waals surface area contributed by atoms with Crippen LogP contribution >= 0.6 is 22.6 Å². The van der Waals surface area contributed by atoms with Gasteiger partial charge in [-0.25, -0.2) is 4.79 Å². The van der Waals surface area contributed by atoms with Crippen LogP contribution in [0.5, 0.6) is 0 Å². The topological polar surface area (TPSA) is 46.6 Å². The normalized spacial score (nSPS) is 9.94. The number of hydrogen-bond acceptors (Lipinski definition) is 3. The van der Waals surface area contributed by atoms with Crippen molar-refractivity contribution in [2.75, 3.05) is 19.7 Å². The Bertz CT molecular complexity index is 430. The molecule has 0 N–H and O–H groups in total. The second kappa shape index (κ2) is 7.35. The monoisotopic (exact) mass is 361 g/mol. The van der Waals surface area contributed by atoms with Gasteiger partial charge in [-0.1, -0.05) is 12.1 Å². The van der Waals surface area contributed by atoms with Crippen molar-refractivity contribution in [2.45, 2.75) is 13.8 Å². The SMILES string of the molecule is CCN(CC)C(=O)COC(=O)c1ccccc1I. The summed E-state index contributed by atoms with van der Waals surface area (Å²) < 4.78 is 5.84. The number of amides is 1. The molecule has 0 radical (unpaired) electrons. The van der Waals surface area contributed by atoms with Crippen molar-refractivity contribution >= 4 is 34.5 Å². The minimum atomic E-state index is -0.458. The van der Waals surface area contributed by atoms with Gasteiger partial charge < -0.3 is 9.64 Å². The van der Waals surface area contributed by atoms with E-state index in [0.717, 1.165) is 3.57 Å². The van der Waals surface area contributed by atoms with Crippen molar-refractivity contribution in [1.29, 1.82) is 0 Å². The molecule has 0 heterocycles. The zero-order valence-corrected chi connectivity index (χ0v) is 12.6. The maximum absolute atomic E-state index is 11.8. The van der Waals surface area contributed by atoms with Gasteiger partial charge in [0.2, 0.25) is 0 Å². The number of ether oxygens (including phenoxy) is 1. The molecule has 0 aliphatic heterocycles. The summed E-state index contributed by atoms with van der Waals surface area (Å²) in [7, 11) is 0. The minimum Gasteiger partial charge on any atom is -0.452 e. The van der Waals surface area contributed by atoms with Crippen LogP contribution in [0.4, 0.5) is 0 Å². The lowest BCUT2D eigenvalue weighted by Crippen LogP contribution is -2.34. The first-order valence-corrected chi connectivity index (χ1v) is 6.87. The Labute approximate surface area is 120 Å². The molecule has 0 fully saturated rings. The predicted octanol–water partition coefficient (Wildman–Crippen LogP) is 2.32. The number of likely N-dealkylation sites (N-methyl/N-ethyl adjacent to an activating group) is 1. The van der Waals surface area contributed by atoms with Crippen LogP contribution in [0.15, 0.2) is 24.3 Å². The first-order chi connectivity index (χ1) is 8.60. The summed E-state index contributed by atoms with van der Waals surface area (Å²) in [6, 6.07) is 7.12. The van der Waals surface area contributed by atoms with Gasteiger partial charge in [-0.2, -0.15) is 0 Å². The molecule has 0 bridgehead atoms. The average Bonchev–Trinajstić information content (AvgIpc) is 2.38. The highest BCUT2D eigenvalue weighted by atomic mass is 127. The minimum absolute atomic E-state index is 0.167. The molecule has 0 aliphatic rings. The summed E-state index contributed by atoms with van der Waals surface area (Å²) in [6.07, 6.45) is 0. The summed E-state index contributed by atoms with van der Waals surface area (Å²) in [5, 5.41) is 0. The molecule has 98 valence electrons. The summed E-state index contributed by atoms with van der Waals surface area (Å²) in [4.78, 5) is 25.1. The average molecular weight is 361 g/mol. The van der Waals surface area contributed by atoms with Gasteiger partial charge in [0.05, 0.1) is 5.56 Å². The van der Waals surface area contributed by atoms with Crippen molar-refractivity contribution in [2.24, 2.45) is 0 Å². The molecule has 1 amide bonds. The fraction of sp³-hybridized carbons (Fsp3) is 0.385. The van der Waals surface area contributed by atoms with E-state index in [-0.39, 0.29) is 12.5 Å². The van der Waals surface area contributed by atoms with E-state index in [9.17, 15) is 9.59 Å². The van der Waals surface area contributed by atoms with Gasteiger partial charge in [0.15, 0.2) is 6.61 Å². The number of carbonyl (C=O) groups is 2. The van der Waals surface area contributed by atoms with E-state index < -0.39 is 5.97 Å². The van der Waals surface area contributed by atoms with Crippen LogP contribution in [-0.2, 0) is 9.53 Å². The lowest BCUT2D eigenvalue weighted by Gasteiger charge is -2.18. The fourth-order valence-corrected chi connectivity index (χ4v) is 2.11. The second-order valence-electron chi connectivity index (χ2n) is 3.62. The maximum atomic E-state index is 11.8. The van der Waals surface area contributed by atoms with E-state index in [4.69, 9.17) is 4.74 Å². The molecule has 5 heteroatoms. The van der Waals surface area contributed by atoms with Gasteiger partial charge in [-0.05, 0) is 48.6 Å². The highest BCUT2D eigenvalue weighted by molar-refractivity contribution is 14.1. The Morgan fingerprint density at radius 2 is 1.83 bits per heavy atom. The first kappa shape index (κ1) is 14.9. The standard InChI is InChI=1S/C13H16INO3/c1-3-15(4-2)12(16)9-18-13(17)10-7-5-6-8-11(10)14/h5-8H,3-4,9H2,1-2H3. The molecular weight excluding hydrogens is 345 g/mol. The number of hydrogen-bond donors (Lipinski definition) is 0. The number of halogens is 1. The molecule has 1 aromatic rings. The number of benzene rings is 1. The molecule has 0 unspecified atom stereocenters. The number of carbonyl (C=O) groups excluding carboxylic acids is 2. The van der Waals surface area contributed by atoms with E-state index in [0.29, 0.717) is 18.7 Å². The molecule has 0 saturated carbocycles. The highest BCUT2D eigenvalue weighted by Crippen LogP contribution is 2.12. The fourth-order valence-electron chi connectivity index (χ4n) is 1.50. The Balaban J connectivity index is 2.57. The molecule has 0 atom stereocenters. The lowest BCUT2D eigenvalue weighted by molar-refractivity contribution is -0.134. The van der Waals surface area contributed by atoms with Crippen LogP contribution in [-0.4, -0.2) is 36.5 Å². The Morgan fingerprint density at radius 3 is 2.39 bits per heavy atom. The van der Waals surface area contributed by atoms with E-state index >= 15 is 0 Å². The van der Waals surface area contributed by atoms with E-state index in [2.05, 4.69) is 22.6 Å². The van der Waals surface area contributed by atoms with E-state index in [1.807, 2.05) is 26.0 Å². The predicted molar refractivity (Wildman–Crippen MR) is 77.4 cm³/mol. The molecule has 0 spiro atoms. The largest absolute Gasteiger partial charge is 0.452 e. The van der Waals surface area contributed by atoms with Crippen LogP contribution in [0, 0.1) is 3.57 Å². The zero-order valence-electron chi connectivity index (χ0n) is 10.5. The third-order valence-corrected chi connectivity index (χ3v) is 3.48. The van der Waals surface area contributed by atoms with Gasteiger partial charge >= 0.3 is 5.97 Å². The van der Waals surface area contributed by atoms with Gasteiger partial charge in [-0.15, -0.1) is 0 Å². The third-order valence-electron chi connectivity index (χ3n) is 2.54. The van der Waals surface area contributed by atoms with Gasteiger partial charge in [0, 0.05) is 16.7 Å². The quantitative estimate of drug-likeness (QED) is 0.597. The van der Waals surface area contributed by atoms with Crippen molar-refractivity contribution in [1.82, 2.24) is 4.90 Å². The van der Waals surface area contributed by atoms with Crippen LogP contribution in [0.1, 0.15) is 24.2 Å². The molecule has 1 aromatic carbocycles. The molecule has 1 rings (SSSR count). The molecule has 0 saturated heterocycles. The molecule has 0 aliphatic carbocycles. The summed E-state index contributed by atoms with van der Waals surface area (Å²) in [6.45, 7) is 4.82. The van der Waals surface area contributed by atoms with Gasteiger partial charge in [0.1, 0.15) is 0 Å². The first-order valence-electron chi connectivity index (χ1n) is 5.79. The van der Waals surface area contributed by atoms with Crippen molar-refractivity contribution in [3.63, 3.8) is 0 Å². The summed E-state index contributed by atoms with van der Waals surface area (Å²) in [5.41, 5.74) is 0.491. The van der Waals surface area contributed by atoms with Gasteiger partial charge in [-0.3, -0.25) is 4.79 Å². The van der Waals surface area contributed by atoms with Crippen LogP contribution in [0.2, 0.25) is 0 Å². The smallest absolute Gasteiger partial charge is 0.339 e. The van der Waals surface area contributed by atoms with Crippen molar-refractivity contribution in [3.05, 3.63) is 33.4 Å². The zero-order chi connectivity index (χ0) is 13.5. The Hall–Kier alpha value is -1.11. The van der Waals surface area contributed by atoms with Crippen LogP contribution in [0.3, 0.4) is 0 Å².